The minimum absolute atomic E-state index is 0.186. The average Bonchev–Trinajstić information content (AvgIpc) is 2.19. The van der Waals surface area contributed by atoms with Gasteiger partial charge in [-0.15, -0.1) is 0 Å². The van der Waals surface area contributed by atoms with Crippen molar-refractivity contribution in [1.82, 2.24) is 4.98 Å². The average molecular weight is 246 g/mol. The van der Waals surface area contributed by atoms with Gasteiger partial charge < -0.3 is 4.74 Å². The number of hydrogen-bond acceptors (Lipinski definition) is 4. The highest BCUT2D eigenvalue weighted by atomic mass is 32.2. The lowest BCUT2D eigenvalue weighted by molar-refractivity contribution is 0.298. The quantitative estimate of drug-likeness (QED) is 0.586. The van der Waals surface area contributed by atoms with E-state index in [1.807, 2.05) is 4.72 Å². The van der Waals surface area contributed by atoms with Crippen LogP contribution in [0.4, 0.5) is 5.69 Å². The van der Waals surface area contributed by atoms with Crippen molar-refractivity contribution in [3.05, 3.63) is 18.3 Å². The third-order valence-electron chi connectivity index (χ3n) is 1.73. The summed E-state index contributed by atoms with van der Waals surface area (Å²) in [5.74, 6) is 0.425. The van der Waals surface area contributed by atoms with E-state index in [9.17, 15) is 8.42 Å². The fraction of sp³-hybridized carbons (Fsp3) is 0.444. The Morgan fingerprint density at radius 3 is 2.75 bits per heavy atom. The molecule has 7 heteroatoms. The second-order valence-corrected chi connectivity index (χ2v) is 4.32. The number of nitrogens with zero attached hydrogens (tertiary/aromatic N) is 1. The molecule has 0 aliphatic carbocycles. The molecule has 0 saturated heterocycles. The van der Waals surface area contributed by atoms with Gasteiger partial charge in [-0.25, -0.2) is 4.98 Å². The summed E-state index contributed by atoms with van der Waals surface area (Å²) in [6.07, 6.45) is 3.24. The fourth-order valence-corrected chi connectivity index (χ4v) is 1.41. The Labute approximate surface area is 94.5 Å². The third-order valence-corrected chi connectivity index (χ3v) is 2.22. The molecule has 6 nitrogen and oxygen atoms in total. The summed E-state index contributed by atoms with van der Waals surface area (Å²) in [6.45, 7) is 2.63. The summed E-state index contributed by atoms with van der Waals surface area (Å²) in [5, 5.41) is 0. The number of ether oxygens (including phenoxy) is 1. The van der Waals surface area contributed by atoms with Gasteiger partial charge in [0.1, 0.15) is 0 Å². The van der Waals surface area contributed by atoms with Gasteiger partial charge >= 0.3 is 10.3 Å². The Morgan fingerprint density at radius 1 is 1.50 bits per heavy atom. The standard InChI is InChI=1S/C9H14N2O4S/c1-2-3-6-15-9-5-4-8(7-10-9)11-16(12,13)14/h4-5,7,11H,2-3,6H2,1H3,(H,12,13,14). The highest BCUT2D eigenvalue weighted by Gasteiger charge is 2.04. The van der Waals surface area contributed by atoms with E-state index in [4.69, 9.17) is 9.29 Å². The number of unbranched alkanes of at least 4 members (excludes halogenated alkanes) is 1. The van der Waals surface area contributed by atoms with Crippen LogP contribution in [0.1, 0.15) is 19.8 Å². The topological polar surface area (TPSA) is 88.5 Å². The van der Waals surface area contributed by atoms with Crippen molar-refractivity contribution < 1.29 is 17.7 Å². The van der Waals surface area contributed by atoms with E-state index < -0.39 is 10.3 Å². The lowest BCUT2D eigenvalue weighted by Gasteiger charge is -2.05. The number of aromatic nitrogens is 1. The molecule has 0 aliphatic rings. The van der Waals surface area contributed by atoms with Gasteiger partial charge in [0, 0.05) is 6.07 Å². The lowest BCUT2D eigenvalue weighted by atomic mass is 10.4. The van der Waals surface area contributed by atoms with E-state index in [2.05, 4.69) is 11.9 Å². The normalized spacial score (nSPS) is 11.1. The molecule has 0 spiro atoms. The summed E-state index contributed by atoms with van der Waals surface area (Å²) in [5.41, 5.74) is 0.186. The zero-order chi connectivity index (χ0) is 12.0. The first-order chi connectivity index (χ1) is 7.51. The van der Waals surface area contributed by atoms with Gasteiger partial charge in [-0.2, -0.15) is 8.42 Å². The molecular weight excluding hydrogens is 232 g/mol. The van der Waals surface area contributed by atoms with E-state index in [-0.39, 0.29) is 5.69 Å². The van der Waals surface area contributed by atoms with E-state index in [1.54, 1.807) is 0 Å². The lowest BCUT2D eigenvalue weighted by Crippen LogP contribution is -2.10. The minimum atomic E-state index is -4.24. The van der Waals surface area contributed by atoms with E-state index >= 15 is 0 Å². The third kappa shape index (κ3) is 4.94. The van der Waals surface area contributed by atoms with Gasteiger partial charge in [0.25, 0.3) is 0 Å². The molecule has 1 aromatic heterocycles. The molecule has 1 heterocycles. The Kier molecular flexibility index (Phi) is 4.51. The van der Waals surface area contributed by atoms with Crippen molar-refractivity contribution in [2.75, 3.05) is 11.3 Å². The van der Waals surface area contributed by atoms with Crippen molar-refractivity contribution in [3.63, 3.8) is 0 Å². The van der Waals surface area contributed by atoms with Crippen LogP contribution >= 0.6 is 0 Å². The van der Waals surface area contributed by atoms with Crippen LogP contribution in [0, 0.1) is 0 Å². The van der Waals surface area contributed by atoms with Crippen LogP contribution in [-0.4, -0.2) is 24.6 Å². The van der Waals surface area contributed by atoms with Gasteiger partial charge in [-0.3, -0.25) is 9.27 Å². The summed E-state index contributed by atoms with van der Waals surface area (Å²) < 4.78 is 36.6. The zero-order valence-electron chi connectivity index (χ0n) is 8.88. The Balaban J connectivity index is 2.54. The number of hydrogen-bond donors (Lipinski definition) is 2. The van der Waals surface area contributed by atoms with Crippen molar-refractivity contribution in [2.45, 2.75) is 19.8 Å². The molecule has 90 valence electrons. The first kappa shape index (κ1) is 12.7. The van der Waals surface area contributed by atoms with Crippen LogP contribution in [0.2, 0.25) is 0 Å². The van der Waals surface area contributed by atoms with E-state index in [1.165, 1.54) is 18.3 Å². The van der Waals surface area contributed by atoms with Crippen molar-refractivity contribution in [3.8, 4) is 5.88 Å². The van der Waals surface area contributed by atoms with Gasteiger partial charge in [0.15, 0.2) is 0 Å². The SMILES string of the molecule is CCCCOc1ccc(NS(=O)(=O)O)cn1. The fourth-order valence-electron chi connectivity index (χ4n) is 0.996. The molecular formula is C9H14N2O4S. The van der Waals surface area contributed by atoms with Crippen LogP contribution in [0.3, 0.4) is 0 Å². The summed E-state index contributed by atoms with van der Waals surface area (Å²) in [6, 6.07) is 2.99. The molecule has 0 aliphatic heterocycles. The predicted molar refractivity (Wildman–Crippen MR) is 59.8 cm³/mol. The first-order valence-electron chi connectivity index (χ1n) is 4.85. The molecule has 0 aromatic carbocycles. The molecule has 0 unspecified atom stereocenters. The van der Waals surface area contributed by atoms with E-state index in [0.717, 1.165) is 12.8 Å². The van der Waals surface area contributed by atoms with Crippen molar-refractivity contribution in [2.24, 2.45) is 0 Å². The Hall–Kier alpha value is -1.34. The van der Waals surface area contributed by atoms with Crippen molar-refractivity contribution >= 4 is 16.0 Å². The Bertz CT molecular complexity index is 416. The number of nitrogens with one attached hydrogen (secondary N) is 1. The maximum absolute atomic E-state index is 10.5. The van der Waals surface area contributed by atoms with Crippen molar-refractivity contribution in [1.29, 1.82) is 0 Å². The predicted octanol–water partition coefficient (Wildman–Crippen LogP) is 1.48. The molecule has 1 aromatic rings. The van der Waals surface area contributed by atoms with Crippen LogP contribution in [0.25, 0.3) is 0 Å². The Morgan fingerprint density at radius 2 is 2.25 bits per heavy atom. The van der Waals surface area contributed by atoms with Gasteiger partial charge in [0.05, 0.1) is 18.5 Å². The van der Waals surface area contributed by atoms with E-state index in [0.29, 0.717) is 12.5 Å². The minimum Gasteiger partial charge on any atom is -0.478 e. The first-order valence-corrected chi connectivity index (χ1v) is 6.29. The van der Waals surface area contributed by atoms with Gasteiger partial charge in [-0.05, 0) is 12.5 Å². The van der Waals surface area contributed by atoms with Crippen LogP contribution in [0.5, 0.6) is 5.88 Å². The largest absolute Gasteiger partial charge is 0.478 e. The maximum atomic E-state index is 10.5. The summed E-state index contributed by atoms with van der Waals surface area (Å²) >= 11 is 0. The molecule has 16 heavy (non-hydrogen) atoms. The zero-order valence-corrected chi connectivity index (χ0v) is 9.70. The number of anilines is 1. The summed E-state index contributed by atoms with van der Waals surface area (Å²) in [4.78, 5) is 3.87. The van der Waals surface area contributed by atoms with Crippen LogP contribution in [-0.2, 0) is 10.3 Å². The smallest absolute Gasteiger partial charge is 0.357 e. The molecule has 1 rings (SSSR count). The molecule has 0 atom stereocenters. The monoisotopic (exact) mass is 246 g/mol. The van der Waals surface area contributed by atoms with Gasteiger partial charge in [-0.1, -0.05) is 13.3 Å². The molecule has 0 radical (unpaired) electrons. The molecule has 0 amide bonds. The molecule has 0 bridgehead atoms. The maximum Gasteiger partial charge on any atom is 0.357 e. The molecule has 0 saturated carbocycles. The summed E-state index contributed by atoms with van der Waals surface area (Å²) in [7, 11) is -4.24. The highest BCUT2D eigenvalue weighted by Crippen LogP contribution is 2.12. The van der Waals surface area contributed by atoms with Crippen LogP contribution < -0.4 is 9.46 Å². The van der Waals surface area contributed by atoms with Gasteiger partial charge in [0.2, 0.25) is 5.88 Å². The molecule has 2 N–H and O–H groups in total. The molecule has 0 fully saturated rings. The second kappa shape index (κ2) is 5.66. The second-order valence-electron chi connectivity index (χ2n) is 3.16. The number of rotatable bonds is 6. The number of pyridine rings is 1. The highest BCUT2D eigenvalue weighted by molar-refractivity contribution is 7.87. The van der Waals surface area contributed by atoms with Crippen LogP contribution in [0.15, 0.2) is 18.3 Å².